The van der Waals surface area contributed by atoms with Crippen molar-refractivity contribution >= 4 is 11.7 Å². The summed E-state index contributed by atoms with van der Waals surface area (Å²) < 4.78 is 0. The molecule has 1 aromatic rings. The molecule has 0 saturated carbocycles. The van der Waals surface area contributed by atoms with Crippen LogP contribution in [0.3, 0.4) is 0 Å². The number of nitrogens with one attached hydrogen (secondary N) is 1. The number of carbonyl (C=O) groups is 1. The number of carbonyl (C=O) groups excluding carboxylic acids is 1. The van der Waals surface area contributed by atoms with Crippen LogP contribution in [0.25, 0.3) is 0 Å². The van der Waals surface area contributed by atoms with Gasteiger partial charge in [-0.15, -0.1) is 0 Å². The van der Waals surface area contributed by atoms with Crippen LogP contribution in [0.2, 0.25) is 0 Å². The number of amides is 1. The zero-order valence-corrected chi connectivity index (χ0v) is 11.9. The van der Waals surface area contributed by atoms with Crippen LogP contribution < -0.4 is 5.32 Å². The molecule has 0 aromatic carbocycles. The third kappa shape index (κ3) is 4.52. The van der Waals surface area contributed by atoms with Gasteiger partial charge in [-0.3, -0.25) is 4.79 Å². The van der Waals surface area contributed by atoms with Gasteiger partial charge < -0.3 is 15.3 Å². The summed E-state index contributed by atoms with van der Waals surface area (Å²) in [4.78, 5) is 18.4. The molecule has 1 amide bonds. The van der Waals surface area contributed by atoms with Crippen LogP contribution in [0.4, 0.5) is 5.82 Å². The predicted octanol–water partition coefficient (Wildman–Crippen LogP) is 1.67. The highest BCUT2D eigenvalue weighted by Crippen LogP contribution is 2.13. The third-order valence-corrected chi connectivity index (χ3v) is 2.81. The minimum Gasteiger partial charge on any atom is -0.396 e. The zero-order chi connectivity index (χ0) is 14.3. The smallest absolute Gasteiger partial charge is 0.254 e. The van der Waals surface area contributed by atoms with Crippen molar-refractivity contribution < 1.29 is 9.90 Å². The van der Waals surface area contributed by atoms with Gasteiger partial charge in [0.2, 0.25) is 0 Å². The molecule has 0 spiro atoms. The Morgan fingerprint density at radius 2 is 2.16 bits per heavy atom. The Balaban J connectivity index is 2.90. The van der Waals surface area contributed by atoms with E-state index in [1.807, 2.05) is 20.8 Å². The quantitative estimate of drug-likeness (QED) is 0.787. The third-order valence-electron chi connectivity index (χ3n) is 2.81. The summed E-state index contributed by atoms with van der Waals surface area (Å²) in [5.74, 6) is 0.713. The van der Waals surface area contributed by atoms with Crippen molar-refractivity contribution in [3.8, 4) is 0 Å². The van der Waals surface area contributed by atoms with Crippen molar-refractivity contribution in [2.24, 2.45) is 0 Å². The topological polar surface area (TPSA) is 65.5 Å². The summed E-state index contributed by atoms with van der Waals surface area (Å²) >= 11 is 0. The van der Waals surface area contributed by atoms with E-state index < -0.39 is 0 Å². The lowest BCUT2D eigenvalue weighted by Gasteiger charge is -2.21. The SMILES string of the molecule is CCNc1cc(C(=O)N(CC)CCCO)cc(C)n1. The Labute approximate surface area is 114 Å². The largest absolute Gasteiger partial charge is 0.396 e. The highest BCUT2D eigenvalue weighted by Gasteiger charge is 2.15. The van der Waals surface area contributed by atoms with E-state index in [0.29, 0.717) is 25.1 Å². The number of hydrogen-bond acceptors (Lipinski definition) is 4. The first-order chi connectivity index (χ1) is 9.12. The summed E-state index contributed by atoms with van der Waals surface area (Å²) in [6, 6.07) is 3.57. The lowest BCUT2D eigenvalue weighted by atomic mass is 10.2. The second-order valence-electron chi connectivity index (χ2n) is 4.37. The molecular weight excluding hydrogens is 242 g/mol. The van der Waals surface area contributed by atoms with Crippen molar-refractivity contribution in [3.63, 3.8) is 0 Å². The number of hydrogen-bond donors (Lipinski definition) is 2. The van der Waals surface area contributed by atoms with Gasteiger partial charge in [0.1, 0.15) is 5.82 Å². The molecule has 5 nitrogen and oxygen atoms in total. The summed E-state index contributed by atoms with van der Waals surface area (Å²) in [6.45, 7) is 7.88. The molecule has 0 aliphatic carbocycles. The van der Waals surface area contributed by atoms with Crippen LogP contribution in [-0.4, -0.2) is 47.1 Å². The molecule has 1 rings (SSSR count). The molecule has 0 saturated heterocycles. The van der Waals surface area contributed by atoms with E-state index in [0.717, 1.165) is 18.1 Å². The summed E-state index contributed by atoms with van der Waals surface area (Å²) in [7, 11) is 0. The molecule has 106 valence electrons. The normalized spacial score (nSPS) is 10.3. The van der Waals surface area contributed by atoms with Crippen LogP contribution in [0.5, 0.6) is 0 Å². The fourth-order valence-corrected chi connectivity index (χ4v) is 1.91. The van der Waals surface area contributed by atoms with Crippen LogP contribution >= 0.6 is 0 Å². The van der Waals surface area contributed by atoms with Crippen LogP contribution in [0.15, 0.2) is 12.1 Å². The van der Waals surface area contributed by atoms with Gasteiger partial charge >= 0.3 is 0 Å². The standard InChI is InChI=1S/C14H23N3O2/c1-4-15-13-10-12(9-11(3)16-13)14(19)17(5-2)7-6-8-18/h9-10,18H,4-8H2,1-3H3,(H,15,16). The molecule has 0 fully saturated rings. The molecule has 0 aliphatic rings. The van der Waals surface area contributed by atoms with Crippen LogP contribution in [0, 0.1) is 6.92 Å². The first kappa shape index (κ1) is 15.4. The second-order valence-corrected chi connectivity index (χ2v) is 4.37. The van der Waals surface area contributed by atoms with Gasteiger partial charge in [0, 0.05) is 37.5 Å². The van der Waals surface area contributed by atoms with Crippen LogP contribution in [-0.2, 0) is 0 Å². The first-order valence-electron chi connectivity index (χ1n) is 6.75. The molecule has 0 unspecified atom stereocenters. The molecule has 0 atom stereocenters. The Morgan fingerprint density at radius 1 is 1.42 bits per heavy atom. The van der Waals surface area contributed by atoms with Gasteiger partial charge in [-0.05, 0) is 39.3 Å². The molecule has 2 N–H and O–H groups in total. The minimum atomic E-state index is -0.0133. The van der Waals surface area contributed by atoms with Crippen molar-refractivity contribution in [2.75, 3.05) is 31.6 Å². The summed E-state index contributed by atoms with van der Waals surface area (Å²) in [5, 5.41) is 12.0. The number of aromatic nitrogens is 1. The number of pyridine rings is 1. The molecular formula is C14H23N3O2. The first-order valence-corrected chi connectivity index (χ1v) is 6.75. The Bertz CT molecular complexity index is 421. The number of nitrogens with zero attached hydrogens (tertiary/aromatic N) is 2. The minimum absolute atomic E-state index is 0.0133. The number of anilines is 1. The molecule has 0 bridgehead atoms. The van der Waals surface area contributed by atoms with E-state index in [-0.39, 0.29) is 12.5 Å². The van der Waals surface area contributed by atoms with Gasteiger partial charge in [0.25, 0.3) is 5.91 Å². The summed E-state index contributed by atoms with van der Waals surface area (Å²) in [6.07, 6.45) is 0.601. The predicted molar refractivity (Wildman–Crippen MR) is 76.4 cm³/mol. The Kier molecular flexibility index (Phi) is 6.29. The van der Waals surface area contributed by atoms with Crippen molar-refractivity contribution in [1.29, 1.82) is 0 Å². The summed E-state index contributed by atoms with van der Waals surface area (Å²) in [5.41, 5.74) is 1.46. The van der Waals surface area contributed by atoms with Gasteiger partial charge in [-0.2, -0.15) is 0 Å². The maximum atomic E-state index is 12.4. The van der Waals surface area contributed by atoms with Gasteiger partial charge in [0.15, 0.2) is 0 Å². The zero-order valence-electron chi connectivity index (χ0n) is 11.9. The van der Waals surface area contributed by atoms with Crippen molar-refractivity contribution in [3.05, 3.63) is 23.4 Å². The highest BCUT2D eigenvalue weighted by molar-refractivity contribution is 5.95. The Morgan fingerprint density at radius 3 is 2.74 bits per heavy atom. The number of aliphatic hydroxyl groups is 1. The lowest BCUT2D eigenvalue weighted by Crippen LogP contribution is -2.32. The van der Waals surface area contributed by atoms with E-state index in [2.05, 4.69) is 10.3 Å². The number of aliphatic hydroxyl groups excluding tert-OH is 1. The average Bonchev–Trinajstić information content (AvgIpc) is 2.39. The van der Waals surface area contributed by atoms with Gasteiger partial charge in [-0.1, -0.05) is 0 Å². The second kappa shape index (κ2) is 7.74. The van der Waals surface area contributed by atoms with E-state index in [9.17, 15) is 4.79 Å². The fourth-order valence-electron chi connectivity index (χ4n) is 1.91. The molecule has 19 heavy (non-hydrogen) atoms. The number of rotatable bonds is 7. The average molecular weight is 265 g/mol. The van der Waals surface area contributed by atoms with E-state index >= 15 is 0 Å². The molecule has 1 heterocycles. The fraction of sp³-hybridized carbons (Fsp3) is 0.571. The van der Waals surface area contributed by atoms with E-state index in [1.165, 1.54) is 0 Å². The van der Waals surface area contributed by atoms with E-state index in [4.69, 9.17) is 5.11 Å². The van der Waals surface area contributed by atoms with E-state index in [1.54, 1.807) is 17.0 Å². The number of aryl methyl sites for hydroxylation is 1. The van der Waals surface area contributed by atoms with Gasteiger partial charge in [0.05, 0.1) is 0 Å². The lowest BCUT2D eigenvalue weighted by molar-refractivity contribution is 0.0754. The molecule has 0 aliphatic heterocycles. The van der Waals surface area contributed by atoms with Crippen LogP contribution in [0.1, 0.15) is 36.3 Å². The molecule has 5 heteroatoms. The highest BCUT2D eigenvalue weighted by atomic mass is 16.3. The molecule has 1 aromatic heterocycles. The molecule has 0 radical (unpaired) electrons. The van der Waals surface area contributed by atoms with Gasteiger partial charge in [-0.25, -0.2) is 4.98 Å². The monoisotopic (exact) mass is 265 g/mol. The van der Waals surface area contributed by atoms with Crippen molar-refractivity contribution in [1.82, 2.24) is 9.88 Å². The van der Waals surface area contributed by atoms with Crippen molar-refractivity contribution in [2.45, 2.75) is 27.2 Å². The maximum absolute atomic E-state index is 12.4. The maximum Gasteiger partial charge on any atom is 0.254 e. The Hall–Kier alpha value is -1.62.